The fourth-order valence-electron chi connectivity index (χ4n) is 1.93. The maximum atomic E-state index is 11.9. The lowest BCUT2D eigenvalue weighted by Crippen LogP contribution is -2.41. The first-order chi connectivity index (χ1) is 8.43. The third kappa shape index (κ3) is 3.98. The predicted molar refractivity (Wildman–Crippen MR) is 65.4 cm³/mol. The minimum Gasteiger partial charge on any atom is -0.429 e. The molecule has 1 amide bonds. The van der Waals surface area contributed by atoms with Gasteiger partial charge in [0.2, 0.25) is 6.41 Å². The van der Waals surface area contributed by atoms with Crippen LogP contribution in [0.4, 0.5) is 0 Å². The van der Waals surface area contributed by atoms with Crippen molar-refractivity contribution in [3.8, 4) is 0 Å². The van der Waals surface area contributed by atoms with Crippen LogP contribution in [0.5, 0.6) is 0 Å². The van der Waals surface area contributed by atoms with Crippen molar-refractivity contribution in [1.82, 2.24) is 5.32 Å². The highest BCUT2D eigenvalue weighted by Crippen LogP contribution is 2.23. The van der Waals surface area contributed by atoms with E-state index in [1.165, 1.54) is 6.08 Å². The van der Waals surface area contributed by atoms with Gasteiger partial charge in [0.1, 0.15) is 11.8 Å². The second-order valence-electron chi connectivity index (χ2n) is 5.02. The van der Waals surface area contributed by atoms with Gasteiger partial charge in [-0.3, -0.25) is 9.59 Å². The van der Waals surface area contributed by atoms with Crippen LogP contribution in [0.3, 0.4) is 0 Å². The van der Waals surface area contributed by atoms with Crippen LogP contribution in [0.25, 0.3) is 0 Å². The van der Waals surface area contributed by atoms with E-state index in [1.807, 2.05) is 20.8 Å². The average molecular weight is 253 g/mol. The molecule has 5 nitrogen and oxygen atoms in total. The minimum absolute atomic E-state index is 0.0269. The molecule has 0 aromatic heterocycles. The fourth-order valence-corrected chi connectivity index (χ4v) is 1.93. The number of ether oxygens (including phenoxy) is 1. The second-order valence-corrected chi connectivity index (χ2v) is 5.02. The molecule has 0 radical (unpaired) electrons. The second kappa shape index (κ2) is 6.33. The molecule has 2 atom stereocenters. The van der Waals surface area contributed by atoms with E-state index in [0.717, 1.165) is 0 Å². The molecule has 18 heavy (non-hydrogen) atoms. The number of rotatable bonds is 5. The average Bonchev–Trinajstić information content (AvgIpc) is 2.23. The first-order valence-corrected chi connectivity index (χ1v) is 6.08. The Balaban J connectivity index is 2.68. The maximum absolute atomic E-state index is 11.9. The van der Waals surface area contributed by atoms with E-state index in [9.17, 15) is 14.4 Å². The lowest BCUT2D eigenvalue weighted by molar-refractivity contribution is -0.144. The molecule has 0 aliphatic heterocycles. The van der Waals surface area contributed by atoms with Crippen LogP contribution in [-0.4, -0.2) is 24.2 Å². The van der Waals surface area contributed by atoms with Gasteiger partial charge in [0.15, 0.2) is 5.78 Å². The molecule has 100 valence electrons. The van der Waals surface area contributed by atoms with Gasteiger partial charge in [-0.25, -0.2) is 4.79 Å². The molecule has 0 spiro atoms. The molecule has 0 saturated heterocycles. The molecule has 1 aliphatic rings. The number of hydrogen-bond donors (Lipinski definition) is 1. The Bertz CT molecular complexity index is 373. The molecule has 0 bridgehead atoms. The molecule has 0 saturated carbocycles. The topological polar surface area (TPSA) is 72.5 Å². The molecule has 0 aromatic carbocycles. The maximum Gasteiger partial charge on any atom is 0.333 e. The van der Waals surface area contributed by atoms with E-state index in [-0.39, 0.29) is 17.6 Å². The quantitative estimate of drug-likeness (QED) is 0.590. The van der Waals surface area contributed by atoms with Crippen LogP contribution in [0.2, 0.25) is 0 Å². The summed E-state index contributed by atoms with van der Waals surface area (Å²) < 4.78 is 5.19. The SMILES string of the molecule is CC1CC(=O)C=C(OC(=O)[C@@H](NC=O)C(C)C)C1. The molecule has 0 fully saturated rings. The van der Waals surface area contributed by atoms with Crippen LogP contribution in [0.1, 0.15) is 33.6 Å². The fraction of sp³-hybridized carbons (Fsp3) is 0.615. The van der Waals surface area contributed by atoms with Gasteiger partial charge in [-0.15, -0.1) is 0 Å². The van der Waals surface area contributed by atoms with Gasteiger partial charge in [-0.2, -0.15) is 0 Å². The van der Waals surface area contributed by atoms with E-state index in [1.54, 1.807) is 0 Å². The normalized spacial score (nSPS) is 21.2. The summed E-state index contributed by atoms with van der Waals surface area (Å²) in [5, 5.41) is 2.43. The van der Waals surface area contributed by atoms with Crippen LogP contribution in [0.15, 0.2) is 11.8 Å². The van der Waals surface area contributed by atoms with Crippen molar-refractivity contribution in [1.29, 1.82) is 0 Å². The highest BCUT2D eigenvalue weighted by atomic mass is 16.5. The standard InChI is InChI=1S/C13H19NO4/c1-8(2)12(14-7-15)13(17)18-11-5-9(3)4-10(16)6-11/h6-9,12H,4-5H2,1-3H3,(H,14,15)/t9?,12-/m0/s1. The van der Waals surface area contributed by atoms with Gasteiger partial charge < -0.3 is 10.1 Å². The molecule has 0 aromatic rings. The van der Waals surface area contributed by atoms with Crippen LogP contribution < -0.4 is 5.32 Å². The Morgan fingerprint density at radius 1 is 1.50 bits per heavy atom. The summed E-state index contributed by atoms with van der Waals surface area (Å²) in [5.41, 5.74) is 0. The van der Waals surface area contributed by atoms with E-state index in [0.29, 0.717) is 25.0 Å². The van der Waals surface area contributed by atoms with Crippen LogP contribution >= 0.6 is 0 Å². The van der Waals surface area contributed by atoms with Crippen molar-refractivity contribution < 1.29 is 19.1 Å². The summed E-state index contributed by atoms with van der Waals surface area (Å²) in [4.78, 5) is 33.6. The molecule has 5 heteroatoms. The largest absolute Gasteiger partial charge is 0.429 e. The molecule has 1 unspecified atom stereocenters. The number of allylic oxidation sites excluding steroid dienone is 2. The zero-order chi connectivity index (χ0) is 13.7. The highest BCUT2D eigenvalue weighted by molar-refractivity contribution is 5.91. The molecule has 0 heterocycles. The summed E-state index contributed by atoms with van der Waals surface area (Å²) in [6, 6.07) is -0.685. The molecular formula is C13H19NO4. The van der Waals surface area contributed by atoms with Gasteiger partial charge in [0.25, 0.3) is 0 Å². The number of ketones is 1. The summed E-state index contributed by atoms with van der Waals surface area (Å²) in [7, 11) is 0. The van der Waals surface area contributed by atoms with Crippen molar-refractivity contribution >= 4 is 18.2 Å². The summed E-state index contributed by atoms with van der Waals surface area (Å²) in [6.07, 6.45) is 2.91. The first kappa shape index (κ1) is 14.4. The molecule has 1 N–H and O–H groups in total. The van der Waals surface area contributed by atoms with Gasteiger partial charge in [0, 0.05) is 18.9 Å². The van der Waals surface area contributed by atoms with E-state index >= 15 is 0 Å². The predicted octanol–water partition coefficient (Wildman–Crippen LogP) is 1.18. The van der Waals surface area contributed by atoms with Gasteiger partial charge >= 0.3 is 5.97 Å². The lowest BCUT2D eigenvalue weighted by atomic mass is 9.94. The number of carbonyl (C=O) groups excluding carboxylic acids is 3. The smallest absolute Gasteiger partial charge is 0.333 e. The Kier molecular flexibility index (Phi) is 5.07. The Labute approximate surface area is 107 Å². The minimum atomic E-state index is -0.685. The Morgan fingerprint density at radius 3 is 2.67 bits per heavy atom. The van der Waals surface area contributed by atoms with E-state index < -0.39 is 12.0 Å². The molecule has 1 aliphatic carbocycles. The monoisotopic (exact) mass is 253 g/mol. The van der Waals surface area contributed by atoms with Crippen LogP contribution in [0, 0.1) is 11.8 Å². The van der Waals surface area contributed by atoms with E-state index in [4.69, 9.17) is 4.74 Å². The number of nitrogens with one attached hydrogen (secondary N) is 1. The third-order valence-electron chi connectivity index (χ3n) is 2.82. The highest BCUT2D eigenvalue weighted by Gasteiger charge is 2.26. The number of amides is 1. The van der Waals surface area contributed by atoms with Crippen molar-refractivity contribution in [3.05, 3.63) is 11.8 Å². The molecule has 1 rings (SSSR count). The summed E-state index contributed by atoms with van der Waals surface area (Å²) >= 11 is 0. The first-order valence-electron chi connectivity index (χ1n) is 6.08. The van der Waals surface area contributed by atoms with Crippen molar-refractivity contribution in [2.24, 2.45) is 11.8 Å². The van der Waals surface area contributed by atoms with Crippen molar-refractivity contribution in [2.45, 2.75) is 39.7 Å². The molecular weight excluding hydrogens is 234 g/mol. The van der Waals surface area contributed by atoms with Gasteiger partial charge in [-0.1, -0.05) is 20.8 Å². The summed E-state index contributed by atoms with van der Waals surface area (Å²) in [5.74, 6) is -0.0461. The van der Waals surface area contributed by atoms with Crippen molar-refractivity contribution in [3.63, 3.8) is 0 Å². The lowest BCUT2D eigenvalue weighted by Gasteiger charge is -2.22. The van der Waals surface area contributed by atoms with Gasteiger partial charge in [0.05, 0.1) is 0 Å². The van der Waals surface area contributed by atoms with Crippen molar-refractivity contribution in [2.75, 3.05) is 0 Å². The number of carbonyl (C=O) groups is 3. The Hall–Kier alpha value is -1.65. The number of esters is 1. The zero-order valence-electron chi connectivity index (χ0n) is 10.9. The zero-order valence-corrected chi connectivity index (χ0v) is 10.9. The number of hydrogen-bond acceptors (Lipinski definition) is 4. The van der Waals surface area contributed by atoms with E-state index in [2.05, 4.69) is 5.32 Å². The third-order valence-corrected chi connectivity index (χ3v) is 2.82. The van der Waals surface area contributed by atoms with Gasteiger partial charge in [-0.05, 0) is 11.8 Å². The Morgan fingerprint density at radius 2 is 2.17 bits per heavy atom. The van der Waals surface area contributed by atoms with Crippen LogP contribution in [-0.2, 0) is 19.1 Å². The summed E-state index contributed by atoms with van der Waals surface area (Å²) in [6.45, 7) is 5.55.